The Morgan fingerprint density at radius 1 is 1.35 bits per heavy atom. The molecule has 0 radical (unpaired) electrons. The Kier molecular flexibility index (Phi) is 3.24. The highest BCUT2D eigenvalue weighted by molar-refractivity contribution is 5.19. The van der Waals surface area contributed by atoms with E-state index in [2.05, 4.69) is 10.3 Å². The molecule has 2 heterocycles. The van der Waals surface area contributed by atoms with Crippen molar-refractivity contribution in [1.82, 2.24) is 10.3 Å². The summed E-state index contributed by atoms with van der Waals surface area (Å²) in [5.74, 6) is 0.197. The van der Waals surface area contributed by atoms with Gasteiger partial charge in [0, 0.05) is 23.7 Å². The fourth-order valence-electron chi connectivity index (χ4n) is 2.03. The van der Waals surface area contributed by atoms with Crippen LogP contribution in [0.2, 0.25) is 0 Å². The van der Waals surface area contributed by atoms with Gasteiger partial charge in [-0.1, -0.05) is 6.07 Å². The minimum atomic E-state index is -4.34. The zero-order chi connectivity index (χ0) is 12.5. The van der Waals surface area contributed by atoms with Gasteiger partial charge >= 0.3 is 6.18 Å². The van der Waals surface area contributed by atoms with Gasteiger partial charge < -0.3 is 10.3 Å². The number of pyridine rings is 1. The van der Waals surface area contributed by atoms with E-state index in [0.29, 0.717) is 5.69 Å². The Morgan fingerprint density at radius 2 is 2.12 bits per heavy atom. The molecule has 1 aromatic heterocycles. The second-order valence-electron chi connectivity index (χ2n) is 4.25. The topological polar surface area (TPSA) is 44.9 Å². The highest BCUT2D eigenvalue weighted by Crippen LogP contribution is 2.22. The third-order valence-corrected chi connectivity index (χ3v) is 2.90. The van der Waals surface area contributed by atoms with Crippen LogP contribution in [0.4, 0.5) is 13.2 Å². The molecule has 1 fully saturated rings. The van der Waals surface area contributed by atoms with E-state index in [1.807, 2.05) is 0 Å². The third-order valence-electron chi connectivity index (χ3n) is 2.90. The fourth-order valence-corrected chi connectivity index (χ4v) is 2.03. The van der Waals surface area contributed by atoms with Gasteiger partial charge in [0.15, 0.2) is 0 Å². The molecule has 0 bridgehead atoms. The Balaban J connectivity index is 2.19. The summed E-state index contributed by atoms with van der Waals surface area (Å²) in [4.78, 5) is 14.0. The van der Waals surface area contributed by atoms with E-state index in [4.69, 9.17) is 0 Å². The maximum absolute atomic E-state index is 12.2. The molecule has 1 atom stereocenters. The summed E-state index contributed by atoms with van der Waals surface area (Å²) in [6.45, 7) is 1.63. The molecule has 1 unspecified atom stereocenters. The summed E-state index contributed by atoms with van der Waals surface area (Å²) in [7, 11) is 0. The molecule has 0 amide bonds. The van der Waals surface area contributed by atoms with Gasteiger partial charge in [-0.05, 0) is 19.0 Å². The number of aromatic nitrogens is 1. The molecule has 0 aromatic carbocycles. The number of hydrogen-bond donors (Lipinski definition) is 2. The van der Waals surface area contributed by atoms with Gasteiger partial charge in [-0.15, -0.1) is 0 Å². The third kappa shape index (κ3) is 3.09. The Bertz CT molecular complexity index is 447. The predicted molar refractivity (Wildman–Crippen MR) is 57.0 cm³/mol. The highest BCUT2D eigenvalue weighted by Gasteiger charge is 2.29. The number of halogens is 3. The zero-order valence-corrected chi connectivity index (χ0v) is 9.10. The molecule has 2 rings (SSSR count). The van der Waals surface area contributed by atoms with Crippen LogP contribution in [0.25, 0.3) is 0 Å². The molecule has 3 nitrogen and oxygen atoms in total. The summed E-state index contributed by atoms with van der Waals surface area (Å²) in [5.41, 5.74) is -0.148. The first-order valence-electron chi connectivity index (χ1n) is 5.45. The number of alkyl halides is 3. The van der Waals surface area contributed by atoms with Gasteiger partial charge in [-0.25, -0.2) is 0 Å². The van der Waals surface area contributed by atoms with Crippen molar-refractivity contribution in [2.75, 3.05) is 13.1 Å². The molecular weight excluding hydrogens is 233 g/mol. The van der Waals surface area contributed by atoms with Crippen LogP contribution in [0.5, 0.6) is 0 Å². The van der Waals surface area contributed by atoms with E-state index >= 15 is 0 Å². The molecule has 1 aliphatic rings. The van der Waals surface area contributed by atoms with Crippen LogP contribution >= 0.6 is 0 Å². The molecule has 1 saturated heterocycles. The van der Waals surface area contributed by atoms with Gasteiger partial charge in [0.25, 0.3) is 5.56 Å². The second kappa shape index (κ2) is 4.52. The normalized spacial score (nSPS) is 20.8. The first-order valence-corrected chi connectivity index (χ1v) is 5.45. The molecule has 0 aliphatic carbocycles. The fraction of sp³-hybridized carbons (Fsp3) is 0.545. The highest BCUT2D eigenvalue weighted by atomic mass is 19.4. The van der Waals surface area contributed by atoms with Gasteiger partial charge in [-0.2, -0.15) is 13.2 Å². The van der Waals surface area contributed by atoms with Crippen LogP contribution < -0.4 is 10.9 Å². The molecule has 94 valence electrons. The molecular formula is C11H13F3N2O. The van der Waals surface area contributed by atoms with Crippen LogP contribution in [-0.4, -0.2) is 24.2 Å². The Labute approximate surface area is 96.0 Å². The summed E-state index contributed by atoms with van der Waals surface area (Å²) < 4.78 is 36.5. The van der Waals surface area contributed by atoms with Crippen molar-refractivity contribution in [3.05, 3.63) is 33.7 Å². The molecule has 6 heteroatoms. The number of hydrogen-bond acceptors (Lipinski definition) is 2. The molecule has 1 aromatic rings. The Hall–Kier alpha value is -1.30. The van der Waals surface area contributed by atoms with Crippen molar-refractivity contribution >= 4 is 0 Å². The van der Waals surface area contributed by atoms with E-state index in [9.17, 15) is 18.0 Å². The minimum absolute atomic E-state index is 0.197. The summed E-state index contributed by atoms with van der Waals surface area (Å²) in [6, 6.07) is 2.86. The average molecular weight is 246 g/mol. The van der Waals surface area contributed by atoms with Crippen LogP contribution in [0.1, 0.15) is 23.6 Å². The van der Waals surface area contributed by atoms with E-state index in [1.165, 1.54) is 6.07 Å². The van der Waals surface area contributed by atoms with Crippen molar-refractivity contribution in [2.45, 2.75) is 24.9 Å². The Morgan fingerprint density at radius 3 is 2.65 bits per heavy atom. The lowest BCUT2D eigenvalue weighted by Gasteiger charge is -2.10. The van der Waals surface area contributed by atoms with Gasteiger partial charge in [-0.3, -0.25) is 4.79 Å². The zero-order valence-electron chi connectivity index (χ0n) is 9.10. The number of aromatic amines is 1. The summed E-state index contributed by atoms with van der Waals surface area (Å²) in [5, 5.41) is 3.14. The van der Waals surface area contributed by atoms with Gasteiger partial charge in [0.1, 0.15) is 0 Å². The largest absolute Gasteiger partial charge is 0.393 e. The van der Waals surface area contributed by atoms with Crippen LogP contribution in [0.3, 0.4) is 0 Å². The quantitative estimate of drug-likeness (QED) is 0.831. The molecule has 2 N–H and O–H groups in total. The molecule has 0 spiro atoms. The lowest BCUT2D eigenvalue weighted by atomic mass is 10.0. The lowest BCUT2D eigenvalue weighted by Crippen LogP contribution is -2.22. The first kappa shape index (κ1) is 12.2. The smallest absolute Gasteiger partial charge is 0.326 e. The van der Waals surface area contributed by atoms with Crippen molar-refractivity contribution in [2.24, 2.45) is 0 Å². The first-order chi connectivity index (χ1) is 7.96. The van der Waals surface area contributed by atoms with E-state index in [1.54, 1.807) is 6.07 Å². The average Bonchev–Trinajstić information content (AvgIpc) is 2.72. The van der Waals surface area contributed by atoms with Crippen molar-refractivity contribution in [1.29, 1.82) is 0 Å². The maximum atomic E-state index is 12.2. The minimum Gasteiger partial charge on any atom is -0.326 e. The van der Waals surface area contributed by atoms with E-state index < -0.39 is 18.2 Å². The van der Waals surface area contributed by atoms with E-state index in [-0.39, 0.29) is 11.5 Å². The summed E-state index contributed by atoms with van der Waals surface area (Å²) >= 11 is 0. The standard InChI is InChI=1S/C11H13F3N2O/c12-11(13,14)5-7-1-2-9(16-10(7)17)8-3-4-15-6-8/h1-2,8,15H,3-6H2,(H,16,17). The van der Waals surface area contributed by atoms with Crippen molar-refractivity contribution in [3.8, 4) is 0 Å². The monoisotopic (exact) mass is 246 g/mol. The number of rotatable bonds is 2. The predicted octanol–water partition coefficient (Wildman–Crippen LogP) is 1.56. The SMILES string of the molecule is O=c1[nH]c(C2CCNC2)ccc1CC(F)(F)F. The molecule has 17 heavy (non-hydrogen) atoms. The van der Waals surface area contributed by atoms with Crippen molar-refractivity contribution < 1.29 is 13.2 Å². The van der Waals surface area contributed by atoms with Gasteiger partial charge in [0.05, 0.1) is 6.42 Å². The molecule has 1 aliphatic heterocycles. The number of H-pyrrole nitrogens is 1. The van der Waals surface area contributed by atoms with Crippen LogP contribution in [0.15, 0.2) is 16.9 Å². The van der Waals surface area contributed by atoms with Crippen LogP contribution in [-0.2, 0) is 6.42 Å². The van der Waals surface area contributed by atoms with Crippen LogP contribution in [0, 0.1) is 0 Å². The number of nitrogens with one attached hydrogen (secondary N) is 2. The maximum Gasteiger partial charge on any atom is 0.393 e. The second-order valence-corrected chi connectivity index (χ2v) is 4.25. The van der Waals surface area contributed by atoms with Crippen molar-refractivity contribution in [3.63, 3.8) is 0 Å². The molecule has 0 saturated carbocycles. The van der Waals surface area contributed by atoms with Gasteiger partial charge in [0.2, 0.25) is 0 Å². The lowest BCUT2D eigenvalue weighted by molar-refractivity contribution is -0.127. The summed E-state index contributed by atoms with van der Waals surface area (Å²) in [6.07, 6.45) is -4.62. The van der Waals surface area contributed by atoms with E-state index in [0.717, 1.165) is 19.5 Å².